The molecule has 0 aliphatic carbocycles. The van der Waals surface area contributed by atoms with Gasteiger partial charge in [-0.1, -0.05) is 13.8 Å². The van der Waals surface area contributed by atoms with Crippen LogP contribution >= 0.6 is 0 Å². The third-order valence-electron chi connectivity index (χ3n) is 2.01. The number of hydrogen-bond acceptors (Lipinski definition) is 3. The van der Waals surface area contributed by atoms with Gasteiger partial charge in [-0.25, -0.2) is 0 Å². The first-order valence-corrected chi connectivity index (χ1v) is 4.70. The lowest BCUT2D eigenvalue weighted by atomic mass is 10.1. The van der Waals surface area contributed by atoms with Gasteiger partial charge in [0.2, 0.25) is 5.91 Å². The topological polar surface area (TPSA) is 64.4 Å². The van der Waals surface area contributed by atoms with Crippen LogP contribution in [0.25, 0.3) is 0 Å². The van der Waals surface area contributed by atoms with Gasteiger partial charge in [-0.3, -0.25) is 4.79 Å². The van der Waals surface area contributed by atoms with Crippen molar-refractivity contribution in [1.29, 1.82) is 0 Å². The zero-order chi connectivity index (χ0) is 10.3. The molecule has 0 bridgehead atoms. The van der Waals surface area contributed by atoms with Gasteiger partial charge in [0.15, 0.2) is 0 Å². The van der Waals surface area contributed by atoms with Gasteiger partial charge < -0.3 is 15.8 Å². The molecule has 0 fully saturated rings. The summed E-state index contributed by atoms with van der Waals surface area (Å²) in [6.07, 6.45) is 1.86. The number of nitrogens with two attached hydrogens (primary N) is 1. The lowest BCUT2D eigenvalue weighted by Crippen LogP contribution is -2.47. The molecule has 78 valence electrons. The summed E-state index contributed by atoms with van der Waals surface area (Å²) in [6.45, 7) is 4.35. The lowest BCUT2D eigenvalue weighted by molar-refractivity contribution is -0.124. The molecule has 0 radical (unpaired) electrons. The summed E-state index contributed by atoms with van der Waals surface area (Å²) in [5.41, 5.74) is 5.55. The van der Waals surface area contributed by atoms with E-state index in [-0.39, 0.29) is 18.6 Å². The minimum Gasteiger partial charge on any atom is -0.383 e. The van der Waals surface area contributed by atoms with E-state index in [0.29, 0.717) is 0 Å². The summed E-state index contributed by atoms with van der Waals surface area (Å²) >= 11 is 0. The van der Waals surface area contributed by atoms with Crippen molar-refractivity contribution in [3.63, 3.8) is 0 Å². The van der Waals surface area contributed by atoms with E-state index in [1.807, 2.05) is 13.8 Å². The molecule has 0 saturated heterocycles. The number of amides is 1. The molecule has 1 amide bonds. The van der Waals surface area contributed by atoms with E-state index in [1.165, 1.54) is 7.11 Å². The Kier molecular flexibility index (Phi) is 6.54. The number of carbonyl (C=O) groups is 1. The predicted octanol–water partition coefficient (Wildman–Crippen LogP) is 0.265. The highest BCUT2D eigenvalue weighted by molar-refractivity contribution is 5.81. The maximum atomic E-state index is 11.3. The highest BCUT2D eigenvalue weighted by Crippen LogP contribution is 1.96. The third-order valence-corrected chi connectivity index (χ3v) is 2.01. The summed E-state index contributed by atoms with van der Waals surface area (Å²) in [7, 11) is 1.53. The normalized spacial score (nSPS) is 13.0. The van der Waals surface area contributed by atoms with E-state index >= 15 is 0 Å². The minimum atomic E-state index is -0.550. The van der Waals surface area contributed by atoms with Crippen LogP contribution in [0.4, 0.5) is 0 Å². The van der Waals surface area contributed by atoms with E-state index in [9.17, 15) is 4.79 Å². The molecule has 0 rings (SSSR count). The van der Waals surface area contributed by atoms with Gasteiger partial charge in [0, 0.05) is 13.2 Å². The Morgan fingerprint density at radius 2 is 2.00 bits per heavy atom. The Hall–Kier alpha value is -0.610. The lowest BCUT2D eigenvalue weighted by Gasteiger charge is -2.17. The second-order valence-corrected chi connectivity index (χ2v) is 3.08. The molecule has 0 saturated carbocycles. The summed E-state index contributed by atoms with van der Waals surface area (Å²) in [6, 6.07) is -0.319. The second kappa shape index (κ2) is 6.86. The first-order chi connectivity index (χ1) is 6.15. The molecule has 0 aliphatic heterocycles. The number of nitrogens with one attached hydrogen (secondary N) is 1. The largest absolute Gasteiger partial charge is 0.383 e. The fourth-order valence-corrected chi connectivity index (χ4v) is 1.06. The molecule has 0 aliphatic rings. The van der Waals surface area contributed by atoms with Crippen LogP contribution in [0.15, 0.2) is 0 Å². The first kappa shape index (κ1) is 12.4. The van der Waals surface area contributed by atoms with Crippen LogP contribution in [0, 0.1) is 0 Å². The van der Waals surface area contributed by atoms with Gasteiger partial charge in [-0.2, -0.15) is 0 Å². The minimum absolute atomic E-state index is 0.129. The van der Waals surface area contributed by atoms with Crippen molar-refractivity contribution in [3.8, 4) is 0 Å². The zero-order valence-corrected chi connectivity index (χ0v) is 8.67. The molecule has 0 spiro atoms. The van der Waals surface area contributed by atoms with Gasteiger partial charge >= 0.3 is 0 Å². The number of ether oxygens (including phenoxy) is 1. The summed E-state index contributed by atoms with van der Waals surface area (Å²) in [4.78, 5) is 11.3. The number of hydrogen-bond donors (Lipinski definition) is 2. The summed E-state index contributed by atoms with van der Waals surface area (Å²) in [5.74, 6) is -0.129. The Bertz CT molecular complexity index is 147. The van der Waals surface area contributed by atoms with Crippen LogP contribution in [0.1, 0.15) is 26.7 Å². The number of methoxy groups -OCH3 is 1. The fourth-order valence-electron chi connectivity index (χ4n) is 1.06. The van der Waals surface area contributed by atoms with Crippen molar-refractivity contribution in [2.75, 3.05) is 13.7 Å². The third kappa shape index (κ3) is 4.85. The number of rotatable bonds is 6. The van der Waals surface area contributed by atoms with Crippen molar-refractivity contribution < 1.29 is 9.53 Å². The quantitative estimate of drug-likeness (QED) is 0.628. The Morgan fingerprint density at radius 3 is 2.38 bits per heavy atom. The van der Waals surface area contributed by atoms with Crippen LogP contribution in [-0.4, -0.2) is 31.7 Å². The van der Waals surface area contributed by atoms with E-state index < -0.39 is 6.04 Å². The van der Waals surface area contributed by atoms with Crippen LogP contribution < -0.4 is 11.1 Å². The van der Waals surface area contributed by atoms with Gasteiger partial charge in [0.1, 0.15) is 6.04 Å². The van der Waals surface area contributed by atoms with E-state index in [2.05, 4.69) is 5.32 Å². The van der Waals surface area contributed by atoms with Gasteiger partial charge in [0.25, 0.3) is 0 Å². The van der Waals surface area contributed by atoms with Crippen LogP contribution in [-0.2, 0) is 9.53 Å². The SMILES string of the molecule is CCC(CC)NC(=O)C(N)COC. The average Bonchev–Trinajstić information content (AvgIpc) is 2.14. The van der Waals surface area contributed by atoms with Crippen molar-refractivity contribution in [2.24, 2.45) is 5.73 Å². The maximum Gasteiger partial charge on any atom is 0.239 e. The maximum absolute atomic E-state index is 11.3. The molecule has 4 nitrogen and oxygen atoms in total. The molecular weight excluding hydrogens is 168 g/mol. The molecule has 0 aromatic rings. The number of carbonyl (C=O) groups excluding carboxylic acids is 1. The Morgan fingerprint density at radius 1 is 1.46 bits per heavy atom. The van der Waals surface area contributed by atoms with Gasteiger partial charge in [0.05, 0.1) is 6.61 Å². The molecule has 0 aromatic carbocycles. The molecule has 3 N–H and O–H groups in total. The molecule has 0 heterocycles. The van der Waals surface area contributed by atoms with Crippen LogP contribution in [0.5, 0.6) is 0 Å². The predicted molar refractivity (Wildman–Crippen MR) is 52.4 cm³/mol. The monoisotopic (exact) mass is 188 g/mol. The highest BCUT2D eigenvalue weighted by atomic mass is 16.5. The van der Waals surface area contributed by atoms with E-state index in [1.54, 1.807) is 0 Å². The average molecular weight is 188 g/mol. The molecule has 4 heteroatoms. The van der Waals surface area contributed by atoms with E-state index in [4.69, 9.17) is 10.5 Å². The molecule has 0 aromatic heterocycles. The zero-order valence-electron chi connectivity index (χ0n) is 8.67. The van der Waals surface area contributed by atoms with Crippen molar-refractivity contribution >= 4 is 5.91 Å². The van der Waals surface area contributed by atoms with Crippen LogP contribution in [0.3, 0.4) is 0 Å². The van der Waals surface area contributed by atoms with Gasteiger partial charge in [-0.15, -0.1) is 0 Å². The molecular formula is C9H20N2O2. The second-order valence-electron chi connectivity index (χ2n) is 3.08. The summed E-state index contributed by atoms with van der Waals surface area (Å²) in [5, 5.41) is 2.86. The van der Waals surface area contributed by atoms with Crippen molar-refractivity contribution in [3.05, 3.63) is 0 Å². The molecule has 1 atom stereocenters. The Balaban J connectivity index is 3.83. The Labute approximate surface area is 79.8 Å². The van der Waals surface area contributed by atoms with Crippen molar-refractivity contribution in [2.45, 2.75) is 38.8 Å². The first-order valence-electron chi connectivity index (χ1n) is 4.70. The molecule has 1 unspecified atom stereocenters. The smallest absolute Gasteiger partial charge is 0.239 e. The standard InChI is InChI=1S/C9H20N2O2/c1-4-7(5-2)11-9(12)8(10)6-13-3/h7-8H,4-6,10H2,1-3H3,(H,11,12). The molecule has 13 heavy (non-hydrogen) atoms. The van der Waals surface area contributed by atoms with Gasteiger partial charge in [-0.05, 0) is 12.8 Å². The van der Waals surface area contributed by atoms with E-state index in [0.717, 1.165) is 12.8 Å². The summed E-state index contributed by atoms with van der Waals surface area (Å²) < 4.78 is 4.79. The highest BCUT2D eigenvalue weighted by Gasteiger charge is 2.15. The van der Waals surface area contributed by atoms with Crippen molar-refractivity contribution in [1.82, 2.24) is 5.32 Å². The van der Waals surface area contributed by atoms with Crippen LogP contribution in [0.2, 0.25) is 0 Å². The fraction of sp³-hybridized carbons (Fsp3) is 0.889.